The molecule has 1 N–H and O–H groups in total. The van der Waals surface area contributed by atoms with Crippen molar-refractivity contribution in [2.75, 3.05) is 17.4 Å². The number of aryl methyl sites for hydroxylation is 1. The molecule has 7 nitrogen and oxygen atoms in total. The van der Waals surface area contributed by atoms with Crippen LogP contribution in [0, 0.1) is 6.92 Å². The molecule has 2 amide bonds. The van der Waals surface area contributed by atoms with Crippen LogP contribution < -0.4 is 9.62 Å². The summed E-state index contributed by atoms with van der Waals surface area (Å²) in [7, 11) is -4.26. The summed E-state index contributed by atoms with van der Waals surface area (Å²) in [4.78, 5) is 29.8. The molecule has 236 valence electrons. The van der Waals surface area contributed by atoms with Gasteiger partial charge >= 0.3 is 0 Å². The Labute approximate surface area is 275 Å². The zero-order valence-electron chi connectivity index (χ0n) is 25.3. The second kappa shape index (κ2) is 15.9. The normalized spacial score (nSPS) is 11.9. The number of nitrogens with one attached hydrogen (secondary N) is 1. The zero-order chi connectivity index (χ0) is 32.4. The molecule has 0 unspecified atom stereocenters. The van der Waals surface area contributed by atoms with Gasteiger partial charge in [0.15, 0.2) is 0 Å². The molecule has 0 saturated carbocycles. The molecule has 0 heterocycles. The van der Waals surface area contributed by atoms with Gasteiger partial charge < -0.3 is 10.2 Å². The predicted molar refractivity (Wildman–Crippen MR) is 181 cm³/mol. The first kappa shape index (κ1) is 34.0. The van der Waals surface area contributed by atoms with Crippen LogP contribution in [0.1, 0.15) is 36.5 Å². The average molecular weight is 667 g/mol. The van der Waals surface area contributed by atoms with Gasteiger partial charge in [0, 0.05) is 24.5 Å². The molecular weight excluding hydrogens is 629 g/mol. The summed E-state index contributed by atoms with van der Waals surface area (Å²) < 4.78 is 29.1. The van der Waals surface area contributed by atoms with Crippen LogP contribution in [-0.2, 0) is 32.6 Å². The highest BCUT2D eigenvalue weighted by Gasteiger charge is 2.35. The third-order valence-corrected chi connectivity index (χ3v) is 9.67. The van der Waals surface area contributed by atoms with E-state index in [1.165, 1.54) is 35.2 Å². The molecule has 0 aliphatic heterocycles. The van der Waals surface area contributed by atoms with Gasteiger partial charge in [-0.2, -0.15) is 0 Å². The van der Waals surface area contributed by atoms with Crippen LogP contribution in [0.4, 0.5) is 5.69 Å². The summed E-state index contributed by atoms with van der Waals surface area (Å²) in [5, 5.41) is 3.38. The van der Waals surface area contributed by atoms with Crippen LogP contribution in [0.5, 0.6) is 0 Å². The van der Waals surface area contributed by atoms with Gasteiger partial charge in [0.1, 0.15) is 12.6 Å². The van der Waals surface area contributed by atoms with Crippen LogP contribution >= 0.6 is 23.2 Å². The molecule has 0 fully saturated rings. The maximum atomic E-state index is 14.5. The van der Waals surface area contributed by atoms with Crippen LogP contribution in [0.2, 0.25) is 10.0 Å². The number of halogens is 2. The molecule has 10 heteroatoms. The van der Waals surface area contributed by atoms with Crippen molar-refractivity contribution in [2.24, 2.45) is 0 Å². The van der Waals surface area contributed by atoms with E-state index in [0.717, 1.165) is 33.8 Å². The van der Waals surface area contributed by atoms with Crippen molar-refractivity contribution in [3.05, 3.63) is 130 Å². The predicted octanol–water partition coefficient (Wildman–Crippen LogP) is 7.05. The van der Waals surface area contributed by atoms with E-state index in [-0.39, 0.29) is 34.5 Å². The van der Waals surface area contributed by atoms with Gasteiger partial charge in [-0.3, -0.25) is 13.9 Å². The van der Waals surface area contributed by atoms with Gasteiger partial charge in [-0.1, -0.05) is 115 Å². The lowest BCUT2D eigenvalue weighted by Gasteiger charge is -2.34. The summed E-state index contributed by atoms with van der Waals surface area (Å²) in [6.07, 6.45) is 1.92. The number of anilines is 1. The SMILES string of the molecule is CCCCNC(=O)[C@H](Cc1ccccc1)N(Cc1ccc(C)cc1)C(=O)CN(c1ccc(Cl)cc1Cl)S(=O)(=O)c1ccccc1. The Morgan fingerprint density at radius 2 is 1.49 bits per heavy atom. The number of unbranched alkanes of at least 4 members (excludes halogenated alkanes) is 1. The highest BCUT2D eigenvalue weighted by atomic mass is 35.5. The first-order valence-electron chi connectivity index (χ1n) is 14.8. The smallest absolute Gasteiger partial charge is 0.264 e. The van der Waals surface area contributed by atoms with Crippen molar-refractivity contribution in [3.63, 3.8) is 0 Å². The van der Waals surface area contributed by atoms with E-state index in [0.29, 0.717) is 11.6 Å². The summed E-state index contributed by atoms with van der Waals surface area (Å²) >= 11 is 12.7. The third-order valence-electron chi connectivity index (χ3n) is 7.36. The van der Waals surface area contributed by atoms with Crippen LogP contribution in [-0.4, -0.2) is 44.3 Å². The van der Waals surface area contributed by atoms with E-state index < -0.39 is 28.5 Å². The number of carbonyl (C=O) groups excluding carboxylic acids is 2. The van der Waals surface area contributed by atoms with Gasteiger partial charge in [-0.05, 0) is 54.8 Å². The van der Waals surface area contributed by atoms with Gasteiger partial charge in [0.25, 0.3) is 10.0 Å². The number of benzene rings is 4. The van der Waals surface area contributed by atoms with E-state index in [2.05, 4.69) is 5.32 Å². The number of amides is 2. The molecular formula is C35H37Cl2N3O4S. The lowest BCUT2D eigenvalue weighted by atomic mass is 10.0. The Morgan fingerprint density at radius 1 is 0.844 bits per heavy atom. The van der Waals surface area contributed by atoms with Crippen LogP contribution in [0.15, 0.2) is 108 Å². The molecule has 4 aromatic carbocycles. The third kappa shape index (κ3) is 9.10. The largest absolute Gasteiger partial charge is 0.354 e. The summed E-state index contributed by atoms with van der Waals surface area (Å²) in [6, 6.07) is 28.5. The molecule has 1 atom stereocenters. The summed E-state index contributed by atoms with van der Waals surface area (Å²) in [6.45, 7) is 3.95. The number of hydrogen-bond donors (Lipinski definition) is 1. The highest BCUT2D eigenvalue weighted by molar-refractivity contribution is 7.92. The first-order valence-corrected chi connectivity index (χ1v) is 17.0. The standard InChI is InChI=1S/C35H37Cl2N3O4S/c1-3-4-21-38-35(42)33(22-27-11-7-5-8-12-27)39(24-28-17-15-26(2)16-18-28)34(41)25-40(32-20-19-29(36)23-31(32)37)45(43,44)30-13-9-6-10-14-30/h5-20,23,33H,3-4,21-22,24-25H2,1-2H3,(H,38,42)/t33-/m0/s1. The van der Waals surface area contributed by atoms with E-state index >= 15 is 0 Å². The molecule has 0 aliphatic rings. The molecule has 45 heavy (non-hydrogen) atoms. The minimum Gasteiger partial charge on any atom is -0.354 e. The first-order chi connectivity index (χ1) is 21.6. The molecule has 0 radical (unpaired) electrons. The fraction of sp³-hybridized carbons (Fsp3) is 0.257. The molecule has 0 spiro atoms. The number of carbonyl (C=O) groups is 2. The summed E-state index contributed by atoms with van der Waals surface area (Å²) in [5.41, 5.74) is 2.81. The van der Waals surface area contributed by atoms with E-state index in [4.69, 9.17) is 23.2 Å². The second-order valence-corrected chi connectivity index (χ2v) is 13.5. The van der Waals surface area contributed by atoms with Crippen LogP contribution in [0.3, 0.4) is 0 Å². The highest BCUT2D eigenvalue weighted by Crippen LogP contribution is 2.33. The van der Waals surface area contributed by atoms with E-state index in [1.54, 1.807) is 18.2 Å². The molecule has 0 aromatic heterocycles. The molecule has 4 aromatic rings. The zero-order valence-corrected chi connectivity index (χ0v) is 27.7. The Kier molecular flexibility index (Phi) is 12.0. The van der Waals surface area contributed by atoms with E-state index in [1.807, 2.05) is 68.4 Å². The average Bonchev–Trinajstić information content (AvgIpc) is 3.03. The Morgan fingerprint density at radius 3 is 2.11 bits per heavy atom. The summed E-state index contributed by atoms with van der Waals surface area (Å²) in [5.74, 6) is -0.873. The van der Waals surface area contributed by atoms with E-state index in [9.17, 15) is 18.0 Å². The van der Waals surface area contributed by atoms with Gasteiger partial charge in [-0.25, -0.2) is 8.42 Å². The van der Waals surface area contributed by atoms with Gasteiger partial charge in [0.05, 0.1) is 15.6 Å². The Balaban J connectivity index is 1.80. The number of rotatable bonds is 14. The Bertz CT molecular complexity index is 1690. The second-order valence-electron chi connectivity index (χ2n) is 10.8. The maximum absolute atomic E-state index is 14.5. The molecule has 0 saturated heterocycles. The van der Waals surface area contributed by atoms with Crippen molar-refractivity contribution in [2.45, 2.75) is 50.6 Å². The lowest BCUT2D eigenvalue weighted by Crippen LogP contribution is -2.53. The van der Waals surface area contributed by atoms with Gasteiger partial charge in [-0.15, -0.1) is 0 Å². The van der Waals surface area contributed by atoms with Crippen molar-refractivity contribution in [1.82, 2.24) is 10.2 Å². The topological polar surface area (TPSA) is 86.8 Å². The van der Waals surface area contributed by atoms with Gasteiger partial charge in [0.2, 0.25) is 11.8 Å². The number of sulfonamides is 1. The van der Waals surface area contributed by atoms with Crippen molar-refractivity contribution < 1.29 is 18.0 Å². The minimum absolute atomic E-state index is 0.00737. The fourth-order valence-electron chi connectivity index (χ4n) is 4.87. The Hall–Kier alpha value is -3.85. The van der Waals surface area contributed by atoms with Crippen LogP contribution in [0.25, 0.3) is 0 Å². The number of nitrogens with zero attached hydrogens (tertiary/aromatic N) is 2. The number of hydrogen-bond acceptors (Lipinski definition) is 4. The van der Waals surface area contributed by atoms with Crippen molar-refractivity contribution in [3.8, 4) is 0 Å². The quantitative estimate of drug-likeness (QED) is 0.146. The monoisotopic (exact) mass is 665 g/mol. The van der Waals surface area contributed by atoms with Crippen molar-refractivity contribution >= 4 is 50.7 Å². The molecule has 0 aliphatic carbocycles. The minimum atomic E-state index is -4.26. The fourth-order valence-corrected chi connectivity index (χ4v) is 6.88. The molecule has 4 rings (SSSR count). The molecule has 0 bridgehead atoms. The maximum Gasteiger partial charge on any atom is 0.264 e. The van der Waals surface area contributed by atoms with Crippen molar-refractivity contribution in [1.29, 1.82) is 0 Å². The lowest BCUT2D eigenvalue weighted by molar-refractivity contribution is -0.140.